The molecule has 1 saturated carbocycles. The zero-order chi connectivity index (χ0) is 20.3. The lowest BCUT2D eigenvalue weighted by molar-refractivity contribution is -0.123. The summed E-state index contributed by atoms with van der Waals surface area (Å²) in [5.74, 6) is -0.208. The summed E-state index contributed by atoms with van der Waals surface area (Å²) in [7, 11) is -2.41. The number of sulfonamides is 1. The van der Waals surface area contributed by atoms with Crippen LogP contribution in [0.1, 0.15) is 32.1 Å². The highest BCUT2D eigenvalue weighted by molar-refractivity contribution is 7.98. The van der Waals surface area contributed by atoms with E-state index in [1.54, 1.807) is 18.8 Å². The van der Waals surface area contributed by atoms with E-state index in [1.165, 1.54) is 22.8 Å². The molecule has 10 heteroatoms. The second-order valence-corrected chi connectivity index (χ2v) is 9.70. The Balaban J connectivity index is 1.81. The first kappa shape index (κ1) is 20.9. The van der Waals surface area contributed by atoms with Crippen LogP contribution in [0.15, 0.2) is 32.3 Å². The molecule has 1 fully saturated rings. The predicted octanol–water partition coefficient (Wildman–Crippen LogP) is 1.59. The summed E-state index contributed by atoms with van der Waals surface area (Å²) < 4.78 is 34.6. The smallest absolute Gasteiger partial charge is 0.408 e. The number of hydrogen-bond donors (Lipinski definition) is 2. The molecular formula is C18H25N3O5S2. The minimum absolute atomic E-state index is 0.0443. The second-order valence-electron chi connectivity index (χ2n) is 7.00. The number of carbonyl (C=O) groups excluding carboxylic acids is 1. The molecule has 1 heterocycles. The van der Waals surface area contributed by atoms with Crippen molar-refractivity contribution in [2.24, 2.45) is 7.05 Å². The molecule has 0 saturated heterocycles. The molecule has 2 aromatic rings. The van der Waals surface area contributed by atoms with E-state index in [1.807, 2.05) is 6.26 Å². The van der Waals surface area contributed by atoms with Gasteiger partial charge in [0.15, 0.2) is 5.58 Å². The average molecular weight is 428 g/mol. The molecule has 0 bridgehead atoms. The first-order valence-corrected chi connectivity index (χ1v) is 12.1. The standard InChI is InChI=1S/C18H25N3O5S2/c1-21-15-8-7-13(11-16(15)26-18(21)23)28(24,25)20-14(9-10-27-2)17(22)19-12-5-3-4-6-12/h7-8,11-12,14,20H,3-6,9-10H2,1-2H3,(H,19,22)/t14-/m1/s1. The van der Waals surface area contributed by atoms with Gasteiger partial charge in [0.2, 0.25) is 15.9 Å². The Bertz CT molecular complexity index is 1010. The van der Waals surface area contributed by atoms with Crippen molar-refractivity contribution in [3.8, 4) is 0 Å². The van der Waals surface area contributed by atoms with Crippen molar-refractivity contribution in [2.45, 2.75) is 49.1 Å². The van der Waals surface area contributed by atoms with Gasteiger partial charge in [-0.1, -0.05) is 12.8 Å². The molecular weight excluding hydrogens is 402 g/mol. The normalized spacial score (nSPS) is 16.5. The van der Waals surface area contributed by atoms with Crippen molar-refractivity contribution < 1.29 is 17.6 Å². The van der Waals surface area contributed by atoms with E-state index in [0.717, 1.165) is 25.7 Å². The number of nitrogens with one attached hydrogen (secondary N) is 2. The Morgan fingerprint density at radius 2 is 2.07 bits per heavy atom. The number of aryl methyl sites for hydroxylation is 1. The summed E-state index contributed by atoms with van der Waals surface area (Å²) in [6.45, 7) is 0. The van der Waals surface area contributed by atoms with Crippen LogP contribution in [0.2, 0.25) is 0 Å². The minimum Gasteiger partial charge on any atom is -0.408 e. The van der Waals surface area contributed by atoms with E-state index >= 15 is 0 Å². The molecule has 1 aliphatic carbocycles. The van der Waals surface area contributed by atoms with Crippen molar-refractivity contribution >= 4 is 38.8 Å². The van der Waals surface area contributed by atoms with E-state index in [4.69, 9.17) is 4.42 Å². The second kappa shape index (κ2) is 8.71. The molecule has 0 spiro atoms. The van der Waals surface area contributed by atoms with Gasteiger partial charge in [-0.3, -0.25) is 9.36 Å². The molecule has 154 valence electrons. The van der Waals surface area contributed by atoms with Crippen LogP contribution in [0.25, 0.3) is 11.1 Å². The minimum atomic E-state index is -3.95. The number of oxazole rings is 1. The number of amides is 1. The van der Waals surface area contributed by atoms with Gasteiger partial charge < -0.3 is 9.73 Å². The number of aromatic nitrogens is 1. The van der Waals surface area contributed by atoms with Gasteiger partial charge in [-0.05, 0) is 43.4 Å². The lowest BCUT2D eigenvalue weighted by Crippen LogP contribution is -2.49. The van der Waals surface area contributed by atoms with Gasteiger partial charge in [0.1, 0.15) is 6.04 Å². The van der Waals surface area contributed by atoms with Crippen LogP contribution in [-0.2, 0) is 21.9 Å². The maximum atomic E-state index is 12.9. The van der Waals surface area contributed by atoms with Gasteiger partial charge in [0.25, 0.3) is 0 Å². The summed E-state index contributed by atoms with van der Waals surface area (Å²) in [5.41, 5.74) is 0.688. The van der Waals surface area contributed by atoms with E-state index < -0.39 is 21.8 Å². The quantitative estimate of drug-likeness (QED) is 0.662. The monoisotopic (exact) mass is 427 g/mol. The van der Waals surface area contributed by atoms with Gasteiger partial charge in [0, 0.05) is 19.2 Å². The van der Waals surface area contributed by atoms with Crippen LogP contribution in [0.5, 0.6) is 0 Å². The van der Waals surface area contributed by atoms with Gasteiger partial charge in [-0.15, -0.1) is 0 Å². The Hall–Kier alpha value is -1.78. The summed E-state index contributed by atoms with van der Waals surface area (Å²) in [5, 5.41) is 2.96. The van der Waals surface area contributed by atoms with Crippen molar-refractivity contribution in [2.75, 3.05) is 12.0 Å². The number of nitrogens with zero attached hydrogens (tertiary/aromatic N) is 1. The van der Waals surface area contributed by atoms with E-state index in [2.05, 4.69) is 10.0 Å². The molecule has 8 nitrogen and oxygen atoms in total. The van der Waals surface area contributed by atoms with Crippen LogP contribution in [0, 0.1) is 0 Å². The van der Waals surface area contributed by atoms with E-state index in [9.17, 15) is 18.0 Å². The van der Waals surface area contributed by atoms with Crippen LogP contribution >= 0.6 is 11.8 Å². The lowest BCUT2D eigenvalue weighted by atomic mass is 10.2. The first-order valence-electron chi connectivity index (χ1n) is 9.23. The molecule has 1 aromatic heterocycles. The van der Waals surface area contributed by atoms with Crippen molar-refractivity contribution in [3.05, 3.63) is 28.7 Å². The number of hydrogen-bond acceptors (Lipinski definition) is 6. The SMILES string of the molecule is CSCC[C@@H](NS(=O)(=O)c1ccc2c(c1)oc(=O)n2C)C(=O)NC1CCCC1. The third-order valence-corrected chi connectivity index (χ3v) is 7.11. The summed E-state index contributed by atoms with van der Waals surface area (Å²) in [6.07, 6.45) is 6.31. The molecule has 0 aliphatic heterocycles. The average Bonchev–Trinajstić information content (AvgIpc) is 3.26. The van der Waals surface area contributed by atoms with Crippen molar-refractivity contribution in [1.82, 2.24) is 14.6 Å². The topological polar surface area (TPSA) is 110 Å². The van der Waals surface area contributed by atoms with Gasteiger partial charge in [0.05, 0.1) is 10.4 Å². The zero-order valence-corrected chi connectivity index (χ0v) is 17.6. The maximum Gasteiger partial charge on any atom is 0.419 e. The molecule has 28 heavy (non-hydrogen) atoms. The highest BCUT2D eigenvalue weighted by atomic mass is 32.2. The third-order valence-electron chi connectivity index (χ3n) is 5.00. The molecule has 3 rings (SSSR count). The molecule has 2 N–H and O–H groups in total. The van der Waals surface area contributed by atoms with Crippen LogP contribution in [-0.4, -0.2) is 43.0 Å². The van der Waals surface area contributed by atoms with Gasteiger partial charge in [-0.25, -0.2) is 13.2 Å². The third kappa shape index (κ3) is 4.61. The van der Waals surface area contributed by atoms with Crippen LogP contribution in [0.3, 0.4) is 0 Å². The summed E-state index contributed by atoms with van der Waals surface area (Å²) in [6, 6.07) is 3.49. The lowest BCUT2D eigenvalue weighted by Gasteiger charge is -2.21. The first-order chi connectivity index (χ1) is 13.3. The van der Waals surface area contributed by atoms with Gasteiger partial charge in [-0.2, -0.15) is 16.5 Å². The fourth-order valence-corrected chi connectivity index (χ4v) is 5.10. The molecule has 1 aromatic carbocycles. The summed E-state index contributed by atoms with van der Waals surface area (Å²) in [4.78, 5) is 24.2. The van der Waals surface area contributed by atoms with Crippen LogP contribution in [0.4, 0.5) is 0 Å². The number of fused-ring (bicyclic) bond motifs is 1. The maximum absolute atomic E-state index is 12.9. The number of thioether (sulfide) groups is 1. The highest BCUT2D eigenvalue weighted by Gasteiger charge is 2.28. The molecule has 0 unspecified atom stereocenters. The zero-order valence-electron chi connectivity index (χ0n) is 15.9. The fourth-order valence-electron chi connectivity index (χ4n) is 3.39. The van der Waals surface area contributed by atoms with Crippen molar-refractivity contribution in [1.29, 1.82) is 0 Å². The van der Waals surface area contributed by atoms with E-state index in [-0.39, 0.29) is 22.4 Å². The Kier molecular flexibility index (Phi) is 6.51. The molecule has 1 atom stereocenters. The molecule has 1 aliphatic rings. The number of rotatable bonds is 8. The van der Waals surface area contributed by atoms with Crippen molar-refractivity contribution in [3.63, 3.8) is 0 Å². The number of benzene rings is 1. The van der Waals surface area contributed by atoms with Crippen LogP contribution < -0.4 is 15.8 Å². The van der Waals surface area contributed by atoms with Gasteiger partial charge >= 0.3 is 5.76 Å². The Labute approximate surface area is 168 Å². The highest BCUT2D eigenvalue weighted by Crippen LogP contribution is 2.20. The number of carbonyl (C=O) groups is 1. The fraction of sp³-hybridized carbons (Fsp3) is 0.556. The van der Waals surface area contributed by atoms with E-state index in [0.29, 0.717) is 17.7 Å². The Morgan fingerprint density at radius 1 is 1.36 bits per heavy atom. The molecule has 0 radical (unpaired) electrons. The predicted molar refractivity (Wildman–Crippen MR) is 109 cm³/mol. The largest absolute Gasteiger partial charge is 0.419 e. The summed E-state index contributed by atoms with van der Waals surface area (Å²) >= 11 is 1.55. The molecule has 1 amide bonds. The Morgan fingerprint density at radius 3 is 2.75 bits per heavy atom.